The maximum absolute atomic E-state index is 13.5. The summed E-state index contributed by atoms with van der Waals surface area (Å²) in [6, 6.07) is 1.87. The standard InChI is InChI=1S/C11H13F2N3O/c12-8-4-9(13)10(3-7(8)11(14)17)16-6-1-2-15-5-6/h3-4,6,15-16H,1-2,5H2,(H2,14,17). The highest BCUT2D eigenvalue weighted by atomic mass is 19.1. The van der Waals surface area contributed by atoms with Gasteiger partial charge >= 0.3 is 0 Å². The Morgan fingerprint density at radius 2 is 2.18 bits per heavy atom. The summed E-state index contributed by atoms with van der Waals surface area (Å²) in [5, 5.41) is 6.03. The van der Waals surface area contributed by atoms with E-state index in [0.29, 0.717) is 12.6 Å². The second-order valence-electron chi connectivity index (χ2n) is 4.01. The number of amides is 1. The Kier molecular flexibility index (Phi) is 3.23. The second kappa shape index (κ2) is 4.67. The van der Waals surface area contributed by atoms with E-state index in [4.69, 9.17) is 5.73 Å². The third-order valence-electron chi connectivity index (χ3n) is 2.74. The lowest BCUT2D eigenvalue weighted by Crippen LogP contribution is -2.23. The Morgan fingerprint density at radius 3 is 2.76 bits per heavy atom. The predicted molar refractivity (Wildman–Crippen MR) is 59.8 cm³/mol. The van der Waals surface area contributed by atoms with Crippen molar-refractivity contribution in [2.75, 3.05) is 18.4 Å². The zero-order chi connectivity index (χ0) is 12.4. The first-order chi connectivity index (χ1) is 8.08. The maximum atomic E-state index is 13.5. The first kappa shape index (κ1) is 11.8. The number of primary amides is 1. The molecule has 0 bridgehead atoms. The van der Waals surface area contributed by atoms with Crippen molar-refractivity contribution in [1.82, 2.24) is 5.32 Å². The molecule has 1 fully saturated rings. The van der Waals surface area contributed by atoms with E-state index in [2.05, 4.69) is 10.6 Å². The van der Waals surface area contributed by atoms with Gasteiger partial charge in [-0.05, 0) is 19.0 Å². The van der Waals surface area contributed by atoms with Crippen LogP contribution < -0.4 is 16.4 Å². The number of rotatable bonds is 3. The molecule has 0 aromatic heterocycles. The van der Waals surface area contributed by atoms with Gasteiger partial charge in [0.25, 0.3) is 5.91 Å². The van der Waals surface area contributed by atoms with Crippen LogP contribution in [0.1, 0.15) is 16.8 Å². The van der Waals surface area contributed by atoms with Crippen molar-refractivity contribution >= 4 is 11.6 Å². The van der Waals surface area contributed by atoms with E-state index >= 15 is 0 Å². The molecule has 17 heavy (non-hydrogen) atoms. The molecule has 0 radical (unpaired) electrons. The molecule has 1 atom stereocenters. The minimum atomic E-state index is -0.940. The van der Waals surface area contributed by atoms with Crippen molar-refractivity contribution in [2.24, 2.45) is 5.73 Å². The van der Waals surface area contributed by atoms with E-state index in [9.17, 15) is 13.6 Å². The van der Waals surface area contributed by atoms with Crippen molar-refractivity contribution < 1.29 is 13.6 Å². The van der Waals surface area contributed by atoms with Gasteiger partial charge in [0.15, 0.2) is 0 Å². The Labute approximate surface area is 97.2 Å². The van der Waals surface area contributed by atoms with Crippen LogP contribution >= 0.6 is 0 Å². The smallest absolute Gasteiger partial charge is 0.251 e. The number of nitrogens with two attached hydrogens (primary N) is 1. The highest BCUT2D eigenvalue weighted by molar-refractivity contribution is 5.94. The fraction of sp³-hybridized carbons (Fsp3) is 0.364. The van der Waals surface area contributed by atoms with E-state index in [1.165, 1.54) is 0 Å². The average Bonchev–Trinajstić information content (AvgIpc) is 2.74. The Morgan fingerprint density at radius 1 is 1.41 bits per heavy atom. The van der Waals surface area contributed by atoms with Crippen LogP contribution in [0.5, 0.6) is 0 Å². The van der Waals surface area contributed by atoms with Crippen molar-refractivity contribution in [1.29, 1.82) is 0 Å². The van der Waals surface area contributed by atoms with Gasteiger partial charge in [0.2, 0.25) is 0 Å². The Bertz CT molecular complexity index is 445. The highest BCUT2D eigenvalue weighted by Crippen LogP contribution is 2.21. The Hall–Kier alpha value is -1.69. The summed E-state index contributed by atoms with van der Waals surface area (Å²) >= 11 is 0. The molecule has 4 nitrogen and oxygen atoms in total. The zero-order valence-electron chi connectivity index (χ0n) is 9.09. The molecule has 92 valence electrons. The van der Waals surface area contributed by atoms with Crippen LogP contribution in [0, 0.1) is 11.6 Å². The highest BCUT2D eigenvalue weighted by Gasteiger charge is 2.18. The molecule has 2 rings (SSSR count). The average molecular weight is 241 g/mol. The molecule has 4 N–H and O–H groups in total. The molecule has 1 aromatic rings. The molecule has 1 aliphatic heterocycles. The van der Waals surface area contributed by atoms with Gasteiger partial charge in [0, 0.05) is 18.7 Å². The second-order valence-corrected chi connectivity index (χ2v) is 4.01. The molecule has 6 heteroatoms. The molecular formula is C11H13F2N3O. The van der Waals surface area contributed by atoms with Crippen molar-refractivity contribution in [2.45, 2.75) is 12.5 Å². The molecule has 0 spiro atoms. The molecular weight excluding hydrogens is 228 g/mol. The van der Waals surface area contributed by atoms with Crippen LogP contribution in [0.15, 0.2) is 12.1 Å². The summed E-state index contributed by atoms with van der Waals surface area (Å²) in [6.07, 6.45) is 0.850. The van der Waals surface area contributed by atoms with Crippen molar-refractivity contribution in [3.63, 3.8) is 0 Å². The van der Waals surface area contributed by atoms with Crippen LogP contribution in [0.25, 0.3) is 0 Å². The fourth-order valence-electron chi connectivity index (χ4n) is 1.85. The number of nitrogens with one attached hydrogen (secondary N) is 2. The van der Waals surface area contributed by atoms with Crippen molar-refractivity contribution in [3.8, 4) is 0 Å². The number of carbonyl (C=O) groups is 1. The van der Waals surface area contributed by atoms with E-state index in [-0.39, 0.29) is 17.3 Å². The predicted octanol–water partition coefficient (Wildman–Crippen LogP) is 0.837. The van der Waals surface area contributed by atoms with Gasteiger partial charge in [-0.1, -0.05) is 0 Å². The van der Waals surface area contributed by atoms with Gasteiger partial charge in [-0.25, -0.2) is 8.78 Å². The van der Waals surface area contributed by atoms with Gasteiger partial charge in [-0.3, -0.25) is 4.79 Å². The quantitative estimate of drug-likeness (QED) is 0.734. The van der Waals surface area contributed by atoms with Gasteiger partial charge in [0.1, 0.15) is 11.6 Å². The molecule has 0 saturated carbocycles. The van der Waals surface area contributed by atoms with E-state index in [1.54, 1.807) is 0 Å². The monoisotopic (exact) mass is 241 g/mol. The lowest BCUT2D eigenvalue weighted by molar-refractivity contribution is 0.0996. The number of hydrogen-bond acceptors (Lipinski definition) is 3. The van der Waals surface area contributed by atoms with Gasteiger partial charge < -0.3 is 16.4 Å². The lowest BCUT2D eigenvalue weighted by Gasteiger charge is -2.14. The number of benzene rings is 1. The van der Waals surface area contributed by atoms with Crippen LogP contribution in [-0.4, -0.2) is 25.0 Å². The number of halogens is 2. The summed E-state index contributed by atoms with van der Waals surface area (Å²) in [4.78, 5) is 10.9. The number of hydrogen-bond donors (Lipinski definition) is 3. The van der Waals surface area contributed by atoms with Crippen LogP contribution in [0.3, 0.4) is 0 Å². The summed E-state index contributed by atoms with van der Waals surface area (Å²) in [5.74, 6) is -2.57. The van der Waals surface area contributed by atoms with Gasteiger partial charge in [-0.2, -0.15) is 0 Å². The molecule has 1 saturated heterocycles. The summed E-state index contributed by atoms with van der Waals surface area (Å²) in [6.45, 7) is 1.56. The largest absolute Gasteiger partial charge is 0.379 e. The third kappa shape index (κ3) is 2.52. The summed E-state index contributed by atoms with van der Waals surface area (Å²) < 4.78 is 26.7. The lowest BCUT2D eigenvalue weighted by atomic mass is 10.1. The van der Waals surface area contributed by atoms with Crippen molar-refractivity contribution in [3.05, 3.63) is 29.3 Å². The van der Waals surface area contributed by atoms with E-state index < -0.39 is 17.5 Å². The minimum absolute atomic E-state index is 0.0793. The molecule has 1 amide bonds. The van der Waals surface area contributed by atoms with Gasteiger partial charge in [0.05, 0.1) is 11.3 Å². The molecule has 1 unspecified atom stereocenters. The zero-order valence-corrected chi connectivity index (χ0v) is 9.09. The van der Waals surface area contributed by atoms with Crippen LogP contribution in [0.4, 0.5) is 14.5 Å². The van der Waals surface area contributed by atoms with Crippen LogP contribution in [0.2, 0.25) is 0 Å². The third-order valence-corrected chi connectivity index (χ3v) is 2.74. The molecule has 0 aliphatic carbocycles. The first-order valence-corrected chi connectivity index (χ1v) is 5.34. The minimum Gasteiger partial charge on any atom is -0.379 e. The Balaban J connectivity index is 2.26. The number of anilines is 1. The molecule has 1 aliphatic rings. The van der Waals surface area contributed by atoms with Gasteiger partial charge in [-0.15, -0.1) is 0 Å². The van der Waals surface area contributed by atoms with E-state index in [0.717, 1.165) is 19.0 Å². The summed E-state index contributed by atoms with van der Waals surface area (Å²) in [7, 11) is 0. The van der Waals surface area contributed by atoms with Crippen LogP contribution in [-0.2, 0) is 0 Å². The fourth-order valence-corrected chi connectivity index (χ4v) is 1.85. The topological polar surface area (TPSA) is 67.2 Å². The molecule has 1 heterocycles. The normalized spacial score (nSPS) is 19.3. The summed E-state index contributed by atoms with van der Waals surface area (Å²) in [5.41, 5.74) is 4.80. The number of carbonyl (C=O) groups excluding carboxylic acids is 1. The first-order valence-electron chi connectivity index (χ1n) is 5.34. The SMILES string of the molecule is NC(=O)c1cc(NC2CCNC2)c(F)cc1F. The molecule has 1 aromatic carbocycles. The van der Waals surface area contributed by atoms with E-state index in [1.807, 2.05) is 0 Å². The maximum Gasteiger partial charge on any atom is 0.251 e.